The van der Waals surface area contributed by atoms with Gasteiger partial charge in [0.25, 0.3) is 0 Å². The van der Waals surface area contributed by atoms with Crippen LogP contribution in [0.15, 0.2) is 4.90 Å². The molecular weight excluding hydrogens is 266 g/mol. The molecule has 1 aliphatic rings. The van der Waals surface area contributed by atoms with Crippen molar-refractivity contribution >= 4 is 10.0 Å². The molecule has 1 heterocycles. The predicted molar refractivity (Wildman–Crippen MR) is 71.2 cm³/mol. The van der Waals surface area contributed by atoms with Gasteiger partial charge in [0, 0.05) is 19.7 Å². The Balaban J connectivity index is 2.28. The molecule has 0 bridgehead atoms. The Morgan fingerprint density at radius 2 is 2.11 bits per heavy atom. The van der Waals surface area contributed by atoms with Gasteiger partial charge in [-0.15, -0.1) is 0 Å². The molecule has 7 heteroatoms. The van der Waals surface area contributed by atoms with Crippen LogP contribution < -0.4 is 4.72 Å². The van der Waals surface area contributed by atoms with Crippen molar-refractivity contribution in [2.75, 3.05) is 6.61 Å². The van der Waals surface area contributed by atoms with Crippen LogP contribution in [0.5, 0.6) is 0 Å². The van der Waals surface area contributed by atoms with Crippen LogP contribution in [-0.2, 0) is 17.1 Å². The smallest absolute Gasteiger partial charge is 0.244 e. The third-order valence-electron chi connectivity index (χ3n) is 3.91. The minimum Gasteiger partial charge on any atom is -0.396 e. The zero-order valence-corrected chi connectivity index (χ0v) is 12.4. The summed E-state index contributed by atoms with van der Waals surface area (Å²) in [5, 5.41) is 13.4. The zero-order valence-electron chi connectivity index (χ0n) is 11.5. The molecule has 108 valence electrons. The van der Waals surface area contributed by atoms with Crippen molar-refractivity contribution < 1.29 is 13.5 Å². The summed E-state index contributed by atoms with van der Waals surface area (Å²) < 4.78 is 29.2. The number of nitrogens with one attached hydrogen (secondary N) is 1. The number of nitrogens with zero attached hydrogens (tertiary/aromatic N) is 2. The van der Waals surface area contributed by atoms with E-state index in [2.05, 4.69) is 9.82 Å². The number of hydrogen-bond acceptors (Lipinski definition) is 4. The summed E-state index contributed by atoms with van der Waals surface area (Å²) in [7, 11) is -1.84. The summed E-state index contributed by atoms with van der Waals surface area (Å²) in [6.45, 7) is 3.46. The van der Waals surface area contributed by atoms with E-state index in [4.69, 9.17) is 0 Å². The maximum Gasteiger partial charge on any atom is 0.244 e. The van der Waals surface area contributed by atoms with Gasteiger partial charge in [0.15, 0.2) is 0 Å². The molecular formula is C12H21N3O3S. The summed E-state index contributed by atoms with van der Waals surface area (Å²) >= 11 is 0. The van der Waals surface area contributed by atoms with Crippen LogP contribution in [0, 0.1) is 19.8 Å². The molecule has 0 radical (unpaired) electrons. The lowest BCUT2D eigenvalue weighted by molar-refractivity contribution is 0.213. The van der Waals surface area contributed by atoms with Crippen molar-refractivity contribution in [1.29, 1.82) is 0 Å². The first-order chi connectivity index (χ1) is 8.86. The van der Waals surface area contributed by atoms with Crippen LogP contribution in [0.1, 0.15) is 30.7 Å². The number of aliphatic hydroxyl groups excluding tert-OH is 1. The summed E-state index contributed by atoms with van der Waals surface area (Å²) in [4.78, 5) is 0.263. The lowest BCUT2D eigenvalue weighted by Gasteiger charge is -2.19. The van der Waals surface area contributed by atoms with Crippen LogP contribution in [0.3, 0.4) is 0 Å². The standard InChI is InChI=1S/C12H21N3O3S/c1-8-12(9(2)15(3)13-8)19(17,18)14-11-6-4-5-10(11)7-16/h10-11,14,16H,4-7H2,1-3H3. The van der Waals surface area contributed by atoms with Gasteiger partial charge in [-0.1, -0.05) is 6.42 Å². The third kappa shape index (κ3) is 2.68. The summed E-state index contributed by atoms with van der Waals surface area (Å²) in [6.07, 6.45) is 2.60. The van der Waals surface area contributed by atoms with Crippen LogP contribution in [0.4, 0.5) is 0 Å². The van der Waals surface area contributed by atoms with E-state index in [0.29, 0.717) is 11.4 Å². The van der Waals surface area contributed by atoms with Crippen LogP contribution in [0.2, 0.25) is 0 Å². The lowest BCUT2D eigenvalue weighted by atomic mass is 10.1. The van der Waals surface area contributed by atoms with E-state index >= 15 is 0 Å². The van der Waals surface area contributed by atoms with Crippen LogP contribution in [-0.4, -0.2) is 36.0 Å². The Labute approximate surface area is 113 Å². The lowest BCUT2D eigenvalue weighted by Crippen LogP contribution is -2.38. The van der Waals surface area contributed by atoms with E-state index in [1.165, 1.54) is 0 Å². The summed E-state index contributed by atoms with van der Waals surface area (Å²) in [5.74, 6) is 0.0204. The number of sulfonamides is 1. The molecule has 2 unspecified atom stereocenters. The SMILES string of the molecule is Cc1nn(C)c(C)c1S(=O)(=O)NC1CCCC1CO. The fourth-order valence-corrected chi connectivity index (χ4v) is 4.59. The maximum atomic E-state index is 12.5. The van der Waals surface area contributed by atoms with Gasteiger partial charge >= 0.3 is 0 Å². The average Bonchev–Trinajstić information content (AvgIpc) is 2.84. The van der Waals surface area contributed by atoms with E-state index in [9.17, 15) is 13.5 Å². The number of aliphatic hydroxyl groups is 1. The first kappa shape index (κ1) is 14.5. The molecule has 2 N–H and O–H groups in total. The van der Waals surface area contributed by atoms with Gasteiger partial charge in [-0.3, -0.25) is 4.68 Å². The number of rotatable bonds is 4. The first-order valence-electron chi connectivity index (χ1n) is 6.50. The summed E-state index contributed by atoms with van der Waals surface area (Å²) in [6, 6.07) is -0.172. The molecule has 0 spiro atoms. The Morgan fingerprint density at radius 3 is 2.63 bits per heavy atom. The second kappa shape index (κ2) is 5.22. The highest BCUT2D eigenvalue weighted by Crippen LogP contribution is 2.27. The molecule has 1 aliphatic carbocycles. The van der Waals surface area contributed by atoms with Gasteiger partial charge in [-0.25, -0.2) is 13.1 Å². The van der Waals surface area contributed by atoms with E-state index in [-0.39, 0.29) is 23.5 Å². The fourth-order valence-electron chi connectivity index (χ4n) is 2.81. The predicted octanol–water partition coefficient (Wildman–Crippen LogP) is 0.476. The minimum absolute atomic E-state index is 0.0204. The van der Waals surface area contributed by atoms with Crippen molar-refractivity contribution in [2.45, 2.75) is 44.0 Å². The monoisotopic (exact) mass is 287 g/mol. The Morgan fingerprint density at radius 1 is 1.42 bits per heavy atom. The molecule has 19 heavy (non-hydrogen) atoms. The molecule has 0 aromatic carbocycles. The number of aromatic nitrogens is 2. The van der Waals surface area contributed by atoms with Crippen LogP contribution in [0.25, 0.3) is 0 Å². The van der Waals surface area contributed by atoms with Crippen molar-refractivity contribution in [3.8, 4) is 0 Å². The highest BCUT2D eigenvalue weighted by molar-refractivity contribution is 7.89. The highest BCUT2D eigenvalue weighted by Gasteiger charge is 2.33. The van der Waals surface area contributed by atoms with Gasteiger partial charge in [-0.2, -0.15) is 5.10 Å². The fraction of sp³-hybridized carbons (Fsp3) is 0.750. The van der Waals surface area contributed by atoms with E-state index in [1.54, 1.807) is 25.6 Å². The third-order valence-corrected chi connectivity index (χ3v) is 5.65. The molecule has 0 aliphatic heterocycles. The van der Waals surface area contributed by atoms with E-state index < -0.39 is 10.0 Å². The maximum absolute atomic E-state index is 12.5. The van der Waals surface area contributed by atoms with Gasteiger partial charge in [0.2, 0.25) is 10.0 Å². The van der Waals surface area contributed by atoms with Crippen LogP contribution >= 0.6 is 0 Å². The largest absolute Gasteiger partial charge is 0.396 e. The van der Waals surface area contributed by atoms with E-state index in [1.807, 2.05) is 0 Å². The molecule has 2 atom stereocenters. The minimum atomic E-state index is -3.57. The molecule has 1 saturated carbocycles. The Hall–Kier alpha value is -0.920. The van der Waals surface area contributed by atoms with Gasteiger partial charge < -0.3 is 5.11 Å². The molecule has 1 aromatic heterocycles. The molecule has 1 fully saturated rings. The average molecular weight is 287 g/mol. The molecule has 0 saturated heterocycles. The van der Waals surface area contributed by atoms with Gasteiger partial charge in [-0.05, 0) is 32.6 Å². The topological polar surface area (TPSA) is 84.2 Å². The number of hydrogen-bond donors (Lipinski definition) is 2. The van der Waals surface area contributed by atoms with Crippen molar-refractivity contribution in [1.82, 2.24) is 14.5 Å². The van der Waals surface area contributed by atoms with E-state index in [0.717, 1.165) is 19.3 Å². The second-order valence-corrected chi connectivity index (χ2v) is 6.88. The molecule has 6 nitrogen and oxygen atoms in total. The molecule has 1 aromatic rings. The molecule has 0 amide bonds. The zero-order chi connectivity index (χ0) is 14.2. The Bertz CT molecular complexity index is 565. The molecule has 2 rings (SSSR count). The normalized spacial score (nSPS) is 24.0. The number of aryl methyl sites for hydroxylation is 2. The van der Waals surface area contributed by atoms with Crippen molar-refractivity contribution in [3.63, 3.8) is 0 Å². The quantitative estimate of drug-likeness (QED) is 0.843. The summed E-state index contributed by atoms with van der Waals surface area (Å²) in [5.41, 5.74) is 1.13. The van der Waals surface area contributed by atoms with Gasteiger partial charge in [0.05, 0.1) is 11.4 Å². The van der Waals surface area contributed by atoms with Gasteiger partial charge in [0.1, 0.15) is 4.90 Å². The highest BCUT2D eigenvalue weighted by atomic mass is 32.2. The first-order valence-corrected chi connectivity index (χ1v) is 7.98. The Kier molecular flexibility index (Phi) is 3.98. The van der Waals surface area contributed by atoms with Crippen molar-refractivity contribution in [3.05, 3.63) is 11.4 Å². The second-order valence-electron chi connectivity index (χ2n) is 5.22. The van der Waals surface area contributed by atoms with Crippen molar-refractivity contribution in [2.24, 2.45) is 13.0 Å².